The van der Waals surface area contributed by atoms with Gasteiger partial charge in [0.05, 0.1) is 5.56 Å². The van der Waals surface area contributed by atoms with E-state index < -0.39 is 35.9 Å². The molecule has 2 heterocycles. The number of halogens is 3. The number of nitrogens with zero attached hydrogens (tertiary/aromatic N) is 1. The van der Waals surface area contributed by atoms with Crippen LogP contribution in [0, 0.1) is 0 Å². The van der Waals surface area contributed by atoms with E-state index in [0.717, 1.165) is 6.07 Å². The fourth-order valence-electron chi connectivity index (χ4n) is 3.24. The van der Waals surface area contributed by atoms with Crippen molar-refractivity contribution in [2.75, 3.05) is 20.1 Å². The molecule has 0 atom stereocenters. The van der Waals surface area contributed by atoms with Crippen molar-refractivity contribution in [2.45, 2.75) is 6.18 Å². The van der Waals surface area contributed by atoms with Gasteiger partial charge in [-0.1, -0.05) is 18.2 Å². The molecule has 0 N–H and O–H groups in total. The summed E-state index contributed by atoms with van der Waals surface area (Å²) in [5.41, 5.74) is -1.79. The van der Waals surface area contributed by atoms with Crippen LogP contribution in [-0.2, 0) is 25.1 Å². The van der Waals surface area contributed by atoms with Gasteiger partial charge >= 0.3 is 24.8 Å². The number of hydrogen-bond donors (Lipinski definition) is 0. The number of aldehydes is 1. The van der Waals surface area contributed by atoms with Crippen LogP contribution in [0.3, 0.4) is 0 Å². The number of likely N-dealkylation sites (N-methyl/N-ethyl adjacent to an activating group) is 1. The van der Waals surface area contributed by atoms with Crippen molar-refractivity contribution in [1.29, 1.82) is 0 Å². The van der Waals surface area contributed by atoms with Crippen LogP contribution in [0.2, 0.25) is 0 Å². The Morgan fingerprint density at radius 1 is 1.17 bits per heavy atom. The number of fused-ring (bicyclic) bond motifs is 1. The third-order valence-corrected chi connectivity index (χ3v) is 4.31. The first-order valence-electron chi connectivity index (χ1n) is 6.70. The molecule has 10 heteroatoms. The van der Waals surface area contributed by atoms with E-state index >= 15 is 0 Å². The molecule has 23 heavy (non-hydrogen) atoms. The van der Waals surface area contributed by atoms with Crippen molar-refractivity contribution in [3.8, 4) is 0 Å². The first kappa shape index (κ1) is 15.5. The average Bonchev–Trinajstić information content (AvgIpc) is 2.81. The van der Waals surface area contributed by atoms with Crippen LogP contribution < -0.4 is 5.46 Å². The smallest absolute Gasteiger partial charge is 0.596 e. The lowest BCUT2D eigenvalue weighted by molar-refractivity contribution is -0.791. The van der Waals surface area contributed by atoms with Crippen LogP contribution in [0.4, 0.5) is 13.2 Å². The second kappa shape index (κ2) is 4.57. The topological polar surface area (TPSA) is 69.7 Å². The van der Waals surface area contributed by atoms with E-state index in [9.17, 15) is 27.6 Å². The van der Waals surface area contributed by atoms with E-state index in [2.05, 4.69) is 0 Å². The van der Waals surface area contributed by atoms with Crippen LogP contribution in [0.1, 0.15) is 15.9 Å². The number of hydrogen-bond acceptors (Lipinski definition) is 5. The summed E-state index contributed by atoms with van der Waals surface area (Å²) >= 11 is 0. The first-order chi connectivity index (χ1) is 10.6. The maximum absolute atomic E-state index is 13.1. The predicted molar refractivity (Wildman–Crippen MR) is 70.3 cm³/mol. The monoisotopic (exact) mass is 329 g/mol. The van der Waals surface area contributed by atoms with Crippen LogP contribution in [-0.4, -0.2) is 49.4 Å². The van der Waals surface area contributed by atoms with Gasteiger partial charge in [0.25, 0.3) is 0 Å². The van der Waals surface area contributed by atoms with E-state index in [4.69, 9.17) is 9.31 Å². The first-order valence-corrected chi connectivity index (χ1v) is 6.70. The maximum Gasteiger partial charge on any atom is 0.614 e. The zero-order valence-corrected chi connectivity index (χ0v) is 11.9. The largest absolute Gasteiger partial charge is 0.614 e. The van der Waals surface area contributed by atoms with Gasteiger partial charge in [-0.25, -0.2) is 0 Å². The highest BCUT2D eigenvalue weighted by Gasteiger charge is 2.66. The van der Waals surface area contributed by atoms with E-state index in [0.29, 0.717) is 6.07 Å². The third-order valence-electron chi connectivity index (χ3n) is 4.31. The Kier molecular flexibility index (Phi) is 3.09. The highest BCUT2D eigenvalue weighted by atomic mass is 19.4. The highest BCUT2D eigenvalue weighted by Crippen LogP contribution is 2.36. The molecule has 2 aliphatic rings. The Morgan fingerprint density at radius 2 is 1.74 bits per heavy atom. The molecule has 1 aromatic rings. The SMILES string of the molecule is C[N+]12CC(=O)O[B-]1(c1ccc(C=O)c(C(F)(F)F)c1)OC(=O)C2. The average molecular weight is 329 g/mol. The summed E-state index contributed by atoms with van der Waals surface area (Å²) in [4.78, 5) is 34.2. The molecule has 6 nitrogen and oxygen atoms in total. The van der Waals surface area contributed by atoms with Crippen LogP contribution in [0.15, 0.2) is 18.2 Å². The second-order valence-corrected chi connectivity index (χ2v) is 5.91. The Hall–Kier alpha value is -2.36. The summed E-state index contributed by atoms with van der Waals surface area (Å²) < 4.78 is 49.4. The minimum atomic E-state index is -4.77. The summed E-state index contributed by atoms with van der Waals surface area (Å²) in [5.74, 6) is -1.32. The van der Waals surface area contributed by atoms with Crippen molar-refractivity contribution in [1.82, 2.24) is 0 Å². The van der Waals surface area contributed by atoms with Gasteiger partial charge in [-0.3, -0.25) is 14.4 Å². The van der Waals surface area contributed by atoms with Crippen molar-refractivity contribution in [3.05, 3.63) is 29.3 Å². The fourth-order valence-corrected chi connectivity index (χ4v) is 3.24. The van der Waals surface area contributed by atoms with Gasteiger partial charge in [-0.15, -0.1) is 0 Å². The number of carbonyl (C=O) groups excluding carboxylic acids is 3. The Labute approximate surface area is 128 Å². The van der Waals surface area contributed by atoms with Crippen molar-refractivity contribution < 1.29 is 41.3 Å². The number of benzene rings is 1. The quantitative estimate of drug-likeness (QED) is 0.574. The molecule has 3 rings (SSSR count). The fraction of sp³-hybridized carbons (Fsp3) is 0.308. The van der Waals surface area contributed by atoms with E-state index in [1.54, 1.807) is 0 Å². The highest BCUT2D eigenvalue weighted by molar-refractivity contribution is 6.79. The standard InChI is InChI=1S/C13H11BF3NO5/c1-18-5-11(20)22-14(18,23-12(21)6-18)9-3-2-8(7-19)10(4-9)13(15,16)17/h2-4,7H,5-6H2,1H3. The van der Waals surface area contributed by atoms with E-state index in [1.807, 2.05) is 0 Å². The molecule has 0 radical (unpaired) electrons. The molecule has 0 aromatic heterocycles. The lowest BCUT2D eigenvalue weighted by Crippen LogP contribution is -2.67. The Balaban J connectivity index is 2.20. The molecule has 0 bridgehead atoms. The van der Waals surface area contributed by atoms with Gasteiger partial charge in [-0.2, -0.15) is 13.2 Å². The molecular weight excluding hydrogens is 318 g/mol. The van der Waals surface area contributed by atoms with Crippen LogP contribution in [0.5, 0.6) is 0 Å². The van der Waals surface area contributed by atoms with Gasteiger partial charge in [0.2, 0.25) is 0 Å². The zero-order chi connectivity index (χ0) is 17.0. The number of quaternary nitrogens is 1. The lowest BCUT2D eigenvalue weighted by atomic mass is 9.60. The molecule has 122 valence electrons. The molecule has 2 aliphatic heterocycles. The van der Waals surface area contributed by atoms with Crippen LogP contribution in [0.25, 0.3) is 0 Å². The molecule has 0 aliphatic carbocycles. The van der Waals surface area contributed by atoms with Gasteiger partial charge in [0.1, 0.15) is 13.1 Å². The Bertz CT molecular complexity index is 713. The van der Waals surface area contributed by atoms with Crippen molar-refractivity contribution in [2.24, 2.45) is 0 Å². The van der Waals surface area contributed by atoms with Gasteiger partial charge in [0, 0.05) is 12.6 Å². The second-order valence-electron chi connectivity index (χ2n) is 5.91. The van der Waals surface area contributed by atoms with E-state index in [1.165, 1.54) is 13.1 Å². The lowest BCUT2D eigenvalue weighted by Gasteiger charge is -2.40. The summed E-state index contributed by atoms with van der Waals surface area (Å²) in [5, 5.41) is 0. The molecule has 0 saturated carbocycles. The minimum absolute atomic E-state index is 0.0814. The van der Waals surface area contributed by atoms with Gasteiger partial charge in [0.15, 0.2) is 6.29 Å². The number of rotatable bonds is 2. The van der Waals surface area contributed by atoms with E-state index in [-0.39, 0.29) is 29.2 Å². The Morgan fingerprint density at radius 3 is 2.22 bits per heavy atom. The van der Waals surface area contributed by atoms with Crippen molar-refractivity contribution in [3.63, 3.8) is 0 Å². The number of alkyl halides is 3. The molecule has 0 unspecified atom stereocenters. The normalized spacial score (nSPS) is 29.9. The molecule has 0 amide bonds. The molecular formula is C13H11BF3NO5. The summed E-state index contributed by atoms with van der Waals surface area (Å²) in [6, 6.07) is 2.90. The van der Waals surface area contributed by atoms with Gasteiger partial charge in [-0.05, 0) is 5.46 Å². The third kappa shape index (κ3) is 2.13. The van der Waals surface area contributed by atoms with Crippen molar-refractivity contribution >= 4 is 30.4 Å². The number of carbonyl (C=O) groups is 3. The summed E-state index contributed by atoms with van der Waals surface area (Å²) in [6.07, 6.45) is -4.68. The minimum Gasteiger partial charge on any atom is -0.596 e. The maximum atomic E-state index is 13.1. The molecule has 0 spiro atoms. The molecule has 2 saturated heterocycles. The summed E-state index contributed by atoms with van der Waals surface area (Å²) in [7, 11) is 1.51. The van der Waals surface area contributed by atoms with Crippen LogP contribution >= 0.6 is 0 Å². The molecule has 1 aromatic carbocycles. The zero-order valence-electron chi connectivity index (χ0n) is 11.9. The summed E-state index contributed by atoms with van der Waals surface area (Å²) in [6.45, 7) is -3.11. The van der Waals surface area contributed by atoms with Gasteiger partial charge < -0.3 is 13.7 Å². The molecule has 2 fully saturated rings. The predicted octanol–water partition coefficient (Wildman–Crippen LogP) is 0.224.